The molecule has 4 heterocycles. The molecule has 3 N–H and O–H groups in total. The number of rotatable bonds is 2. The number of fused-ring (bicyclic) bond motifs is 2. The topological polar surface area (TPSA) is 94.6 Å². The van der Waals surface area contributed by atoms with E-state index < -0.39 is 10.9 Å². The Morgan fingerprint density at radius 3 is 2.88 bits per heavy atom. The number of nitrogens with two attached hydrogens (primary N) is 1. The number of ether oxygens (including phenoxy) is 1. The van der Waals surface area contributed by atoms with Crippen LogP contribution in [0.3, 0.4) is 0 Å². The Bertz CT molecular complexity index is 855. The van der Waals surface area contributed by atoms with Gasteiger partial charge in [-0.1, -0.05) is 6.92 Å². The lowest BCUT2D eigenvalue weighted by atomic mass is 9.79. The van der Waals surface area contributed by atoms with Gasteiger partial charge in [-0.25, -0.2) is 10.9 Å². The molecule has 8 heteroatoms. The molecule has 0 bridgehead atoms. The minimum absolute atomic E-state index is 0.195. The Morgan fingerprint density at radius 2 is 2.20 bits per heavy atom. The Morgan fingerprint density at radius 1 is 1.40 bits per heavy atom. The van der Waals surface area contributed by atoms with Gasteiger partial charge in [0, 0.05) is 17.0 Å². The molecular formula is C17H24N6OS. The molecule has 1 aliphatic carbocycles. The maximum Gasteiger partial charge on any atom is 0.164 e. The molecule has 0 amide bonds. The van der Waals surface area contributed by atoms with E-state index in [0.717, 1.165) is 17.3 Å². The molecule has 134 valence electrons. The number of aryl methyl sites for hydroxylation is 1. The maximum absolute atomic E-state index is 7.18. The van der Waals surface area contributed by atoms with E-state index in [-0.39, 0.29) is 11.6 Å². The van der Waals surface area contributed by atoms with Crippen LogP contribution in [-0.4, -0.2) is 42.0 Å². The van der Waals surface area contributed by atoms with Gasteiger partial charge in [0.15, 0.2) is 5.82 Å². The molecule has 1 fully saturated rings. The molecule has 5 rings (SSSR count). The van der Waals surface area contributed by atoms with E-state index in [0.29, 0.717) is 17.8 Å². The summed E-state index contributed by atoms with van der Waals surface area (Å²) in [6.45, 7) is 4.75. The van der Waals surface area contributed by atoms with E-state index in [2.05, 4.69) is 38.1 Å². The fraction of sp³-hybridized carbons (Fsp3) is 0.588. The number of H-pyrrole nitrogens is 1. The second-order valence-corrected chi connectivity index (χ2v) is 9.85. The van der Waals surface area contributed by atoms with Gasteiger partial charge in [-0.15, -0.1) is 10.2 Å². The fourth-order valence-corrected chi connectivity index (χ4v) is 7.16. The Hall–Kier alpha value is -1.64. The highest BCUT2D eigenvalue weighted by molar-refractivity contribution is 8.25. The van der Waals surface area contributed by atoms with E-state index >= 15 is 0 Å². The molecule has 4 unspecified atom stereocenters. The van der Waals surface area contributed by atoms with Crippen LogP contribution in [0, 0.1) is 12.8 Å². The predicted octanol–water partition coefficient (Wildman–Crippen LogP) is 1.89. The third-order valence-electron chi connectivity index (χ3n) is 6.12. The second kappa shape index (κ2) is 5.18. The highest BCUT2D eigenvalue weighted by atomic mass is 32.2. The van der Waals surface area contributed by atoms with Crippen LogP contribution in [0.25, 0.3) is 5.03 Å². The molecule has 1 saturated carbocycles. The number of aromatic nitrogens is 5. The summed E-state index contributed by atoms with van der Waals surface area (Å²) >= 11 is 0. The van der Waals surface area contributed by atoms with Crippen molar-refractivity contribution in [2.45, 2.75) is 50.2 Å². The predicted molar refractivity (Wildman–Crippen MR) is 98.1 cm³/mol. The van der Waals surface area contributed by atoms with Gasteiger partial charge in [0.25, 0.3) is 0 Å². The molecule has 3 aliphatic rings. The van der Waals surface area contributed by atoms with Crippen LogP contribution in [0.2, 0.25) is 0 Å². The minimum Gasteiger partial charge on any atom is -0.359 e. The molecule has 2 aliphatic heterocycles. The van der Waals surface area contributed by atoms with Gasteiger partial charge >= 0.3 is 0 Å². The average Bonchev–Trinajstić information content (AvgIpc) is 3.22. The van der Waals surface area contributed by atoms with Crippen molar-refractivity contribution in [3.8, 4) is 0 Å². The van der Waals surface area contributed by atoms with Gasteiger partial charge in [-0.05, 0) is 38.0 Å². The summed E-state index contributed by atoms with van der Waals surface area (Å²) in [5.41, 5.74) is 9.05. The van der Waals surface area contributed by atoms with Gasteiger partial charge in [0.2, 0.25) is 0 Å². The van der Waals surface area contributed by atoms with Crippen LogP contribution in [0.4, 0.5) is 0 Å². The van der Waals surface area contributed by atoms with Crippen molar-refractivity contribution in [2.75, 3.05) is 6.26 Å². The fourth-order valence-electron chi connectivity index (χ4n) is 4.53. The monoisotopic (exact) mass is 360 g/mol. The van der Waals surface area contributed by atoms with Crippen molar-refractivity contribution in [1.82, 2.24) is 25.0 Å². The maximum atomic E-state index is 7.18. The quantitative estimate of drug-likeness (QED) is 0.711. The summed E-state index contributed by atoms with van der Waals surface area (Å²) in [5, 5.41) is 17.6. The van der Waals surface area contributed by atoms with Crippen LogP contribution in [0.15, 0.2) is 17.8 Å². The highest BCUT2D eigenvalue weighted by Gasteiger charge is 2.58. The Labute approximate surface area is 149 Å². The van der Waals surface area contributed by atoms with Crippen molar-refractivity contribution in [1.29, 1.82) is 0 Å². The van der Waals surface area contributed by atoms with E-state index in [1.54, 1.807) is 6.20 Å². The third-order valence-corrected chi connectivity index (χ3v) is 8.81. The number of nitrogens with one attached hydrogen (secondary N) is 1. The van der Waals surface area contributed by atoms with E-state index in [9.17, 15) is 0 Å². The van der Waals surface area contributed by atoms with Gasteiger partial charge in [-0.2, -0.15) is 5.10 Å². The summed E-state index contributed by atoms with van der Waals surface area (Å²) in [5.74, 6) is 2.32. The first-order chi connectivity index (χ1) is 12.0. The van der Waals surface area contributed by atoms with Crippen molar-refractivity contribution in [2.24, 2.45) is 11.7 Å². The number of thiol groups is 1. The molecule has 0 radical (unpaired) electrons. The first-order valence-corrected chi connectivity index (χ1v) is 10.7. The van der Waals surface area contributed by atoms with Gasteiger partial charge in [-0.3, -0.25) is 9.67 Å². The normalized spacial score (nSPS) is 36.2. The second-order valence-electron chi connectivity index (χ2n) is 7.43. The molecular weight excluding hydrogens is 336 g/mol. The molecule has 25 heavy (non-hydrogen) atoms. The summed E-state index contributed by atoms with van der Waals surface area (Å²) < 4.78 is 8.56. The molecule has 7 nitrogen and oxygen atoms in total. The van der Waals surface area contributed by atoms with Crippen molar-refractivity contribution < 1.29 is 4.74 Å². The molecule has 0 aromatic carbocycles. The van der Waals surface area contributed by atoms with Gasteiger partial charge in [0.05, 0.1) is 16.3 Å². The van der Waals surface area contributed by atoms with Crippen molar-refractivity contribution in [3.05, 3.63) is 35.2 Å². The summed E-state index contributed by atoms with van der Waals surface area (Å²) in [6.07, 6.45) is 6.32. The van der Waals surface area contributed by atoms with Crippen LogP contribution in [0.5, 0.6) is 0 Å². The molecule has 2 aromatic heterocycles. The summed E-state index contributed by atoms with van der Waals surface area (Å²) in [7, 11) is -0.437. The first kappa shape index (κ1) is 15.6. The highest BCUT2D eigenvalue weighted by Crippen LogP contribution is 2.64. The molecule has 2 aromatic rings. The third kappa shape index (κ3) is 1.98. The lowest BCUT2D eigenvalue weighted by Gasteiger charge is -2.37. The van der Waals surface area contributed by atoms with Crippen molar-refractivity contribution in [3.63, 3.8) is 0 Å². The smallest absolute Gasteiger partial charge is 0.164 e. The number of hydrogen-bond donors (Lipinski definition) is 3. The summed E-state index contributed by atoms with van der Waals surface area (Å²) in [4.78, 5) is 0. The number of aromatic amines is 1. The van der Waals surface area contributed by atoms with E-state index in [4.69, 9.17) is 10.5 Å². The van der Waals surface area contributed by atoms with Gasteiger partial charge in [0.1, 0.15) is 18.5 Å². The van der Waals surface area contributed by atoms with Crippen LogP contribution < -0.4 is 5.73 Å². The van der Waals surface area contributed by atoms with Gasteiger partial charge < -0.3 is 10.5 Å². The van der Waals surface area contributed by atoms with Crippen LogP contribution in [0.1, 0.15) is 43.2 Å². The average molecular weight is 360 g/mol. The lowest BCUT2D eigenvalue weighted by Crippen LogP contribution is -2.51. The molecule has 0 saturated heterocycles. The number of hydrogen-bond acceptors (Lipinski definition) is 5. The standard InChI is InChI=1S/C17H24N6OS/c1-9-17(18,11-4-5-11)14-15(12-6-7-19-21-12)24-8-13-22-20-10(2)23(13)16(14)25(9)3/h6-7,9,11,15,25H,4-5,8,18H2,1-3H3,(H,19,21). The summed E-state index contributed by atoms with van der Waals surface area (Å²) in [6, 6.07) is 1.99. The molecule has 4 atom stereocenters. The lowest BCUT2D eigenvalue weighted by molar-refractivity contribution is 0.0501. The zero-order valence-corrected chi connectivity index (χ0v) is 15.6. The zero-order chi connectivity index (χ0) is 17.3. The van der Waals surface area contributed by atoms with E-state index in [1.165, 1.54) is 23.4 Å². The molecule has 0 spiro atoms. The largest absolute Gasteiger partial charge is 0.359 e. The Kier molecular flexibility index (Phi) is 3.24. The van der Waals surface area contributed by atoms with Crippen molar-refractivity contribution >= 4 is 15.9 Å². The first-order valence-electron chi connectivity index (χ1n) is 8.82. The van der Waals surface area contributed by atoms with E-state index in [1.807, 2.05) is 13.0 Å². The number of nitrogens with zero attached hydrogens (tertiary/aromatic N) is 4. The zero-order valence-electron chi connectivity index (χ0n) is 14.7. The Balaban J connectivity index is 1.80. The minimum atomic E-state index is -0.437. The van der Waals surface area contributed by atoms with Crippen LogP contribution >= 0.6 is 10.9 Å². The SMILES string of the molecule is Cc1nnc2n1C1=C(C(c3ccn[nH]3)OC2)C(N)(C2CC2)C(C)[SH]1C. The van der Waals surface area contributed by atoms with Crippen LogP contribution in [-0.2, 0) is 11.3 Å².